The topological polar surface area (TPSA) is 126 Å². The zero-order chi connectivity index (χ0) is 60.3. The normalized spacial score (nSPS) is 16.8. The number of rotatable bonds is 21. The maximum Gasteiger partial charge on any atom is 0.206 e. The number of ether oxygens (including phenoxy) is 10. The van der Waals surface area contributed by atoms with Crippen LogP contribution in [-0.4, -0.2) is 94.9 Å². The highest BCUT2D eigenvalue weighted by molar-refractivity contribution is 7.91. The number of benzene rings is 6. The van der Waals surface area contributed by atoms with Crippen LogP contribution in [0.25, 0.3) is 11.1 Å². The van der Waals surface area contributed by atoms with Gasteiger partial charge in [-0.15, -0.1) is 0 Å². The van der Waals surface area contributed by atoms with Crippen LogP contribution in [0.15, 0.2) is 155 Å². The predicted octanol–water partition coefficient (Wildman–Crippen LogP) is 16.0. The van der Waals surface area contributed by atoms with Gasteiger partial charge in [0.1, 0.15) is 58.9 Å². The summed E-state index contributed by atoms with van der Waals surface area (Å²) in [4.78, 5) is 0.484. The summed E-state index contributed by atoms with van der Waals surface area (Å²) in [6.07, 6.45) is 1.53. The standard InChI is InChI=1S/C21H28O2.C18H22O4S.C18H22O2.C12H22O4/c1-15(2)22-19-11-7-17(8-12-19)21(5,6)18-9-13-20(14-10-18)23-16(3)4;1-13(2)21-15-5-9-17(10-6-15)23(19,20)18-11-7-16(8-12-18)22-14(3)4;1-13(2)19-17-9-5-15(6-10-17)16-7-11-18(12-8-16)20-14(3)4;1-7(2)15-9-5-13-12-10(16-8(3)4)6-14-11(9)12/h7-16H,1-6H3;5-14H,1-4H3;5-14H,1-4H3;7-12H,5-6H2,1-4H3/t;;;9-,10+,11?,12?. The second-order valence-electron chi connectivity index (χ2n) is 23.2. The monoisotopic (exact) mass is 1150 g/mol. The van der Waals surface area contributed by atoms with E-state index in [1.165, 1.54) is 22.3 Å². The van der Waals surface area contributed by atoms with Gasteiger partial charge in [-0.2, -0.15) is 0 Å². The van der Waals surface area contributed by atoms with Crippen LogP contribution in [0.4, 0.5) is 0 Å². The summed E-state index contributed by atoms with van der Waals surface area (Å²) < 4.78 is 82.0. The first-order chi connectivity index (χ1) is 38.7. The highest BCUT2D eigenvalue weighted by Crippen LogP contribution is 2.35. The fourth-order valence-corrected chi connectivity index (χ4v) is 10.3. The molecule has 82 heavy (non-hydrogen) atoms. The number of fused-ring (bicyclic) bond motifs is 1. The minimum Gasteiger partial charge on any atom is -0.491 e. The van der Waals surface area contributed by atoms with Crippen LogP contribution < -0.4 is 28.4 Å². The molecule has 0 aromatic heterocycles. The Morgan fingerprint density at radius 2 is 0.561 bits per heavy atom. The molecule has 2 fully saturated rings. The van der Waals surface area contributed by atoms with E-state index in [9.17, 15) is 8.42 Å². The predicted molar refractivity (Wildman–Crippen MR) is 329 cm³/mol. The lowest BCUT2D eigenvalue weighted by Gasteiger charge is -2.26. The third kappa shape index (κ3) is 21.3. The van der Waals surface area contributed by atoms with E-state index in [4.69, 9.17) is 47.4 Å². The second-order valence-corrected chi connectivity index (χ2v) is 25.2. The molecular weight excluding hydrogens is 1050 g/mol. The number of sulfone groups is 1. The molecule has 2 aliphatic rings. The third-order valence-electron chi connectivity index (χ3n) is 12.5. The van der Waals surface area contributed by atoms with Crippen molar-refractivity contribution in [2.45, 2.75) is 213 Å². The van der Waals surface area contributed by atoms with E-state index in [1.54, 1.807) is 48.5 Å². The Bertz CT molecular complexity index is 2670. The van der Waals surface area contributed by atoms with Gasteiger partial charge >= 0.3 is 0 Å². The Labute approximate surface area is 492 Å². The van der Waals surface area contributed by atoms with E-state index in [1.807, 2.05) is 159 Å². The molecule has 0 aliphatic carbocycles. The lowest BCUT2D eigenvalue weighted by molar-refractivity contribution is -0.0753. The van der Waals surface area contributed by atoms with Gasteiger partial charge in [-0.3, -0.25) is 0 Å². The molecule has 13 heteroatoms. The second kappa shape index (κ2) is 31.5. The average Bonchev–Trinajstić information content (AvgIpc) is 4.10. The Morgan fingerprint density at radius 3 is 0.780 bits per heavy atom. The molecule has 0 N–H and O–H groups in total. The summed E-state index contributed by atoms with van der Waals surface area (Å²) >= 11 is 0. The zero-order valence-electron chi connectivity index (χ0n) is 52.0. The van der Waals surface area contributed by atoms with Gasteiger partial charge in [0.2, 0.25) is 9.84 Å². The van der Waals surface area contributed by atoms with Crippen LogP contribution in [0, 0.1) is 0 Å². The van der Waals surface area contributed by atoms with Crippen molar-refractivity contribution in [2.75, 3.05) is 13.2 Å². The maximum atomic E-state index is 12.6. The van der Waals surface area contributed by atoms with Crippen molar-refractivity contribution in [3.63, 3.8) is 0 Å². The van der Waals surface area contributed by atoms with Gasteiger partial charge in [0, 0.05) is 5.41 Å². The summed E-state index contributed by atoms with van der Waals surface area (Å²) in [5.74, 6) is 4.95. The first kappa shape index (κ1) is 66.7. The van der Waals surface area contributed by atoms with Crippen LogP contribution in [0.3, 0.4) is 0 Å². The minimum absolute atomic E-state index is 0.0472. The molecule has 0 bridgehead atoms. The highest BCUT2D eigenvalue weighted by atomic mass is 32.2. The number of hydrogen-bond acceptors (Lipinski definition) is 12. The van der Waals surface area contributed by atoms with Crippen molar-refractivity contribution in [1.82, 2.24) is 0 Å². The first-order valence-electron chi connectivity index (χ1n) is 29.1. The summed E-state index contributed by atoms with van der Waals surface area (Å²) in [6.45, 7) is 37.8. The van der Waals surface area contributed by atoms with E-state index in [0.717, 1.165) is 23.0 Å². The maximum absolute atomic E-state index is 12.6. The van der Waals surface area contributed by atoms with Crippen molar-refractivity contribution in [3.05, 3.63) is 157 Å². The summed E-state index contributed by atoms with van der Waals surface area (Å²) in [7, 11) is -3.54. The van der Waals surface area contributed by atoms with Gasteiger partial charge in [0.25, 0.3) is 0 Å². The van der Waals surface area contributed by atoms with Crippen LogP contribution in [0.2, 0.25) is 0 Å². The van der Waals surface area contributed by atoms with Crippen molar-refractivity contribution in [3.8, 4) is 45.6 Å². The van der Waals surface area contributed by atoms with E-state index in [-0.39, 0.29) is 88.5 Å². The largest absolute Gasteiger partial charge is 0.491 e. The van der Waals surface area contributed by atoms with E-state index >= 15 is 0 Å². The fourth-order valence-electron chi connectivity index (χ4n) is 9.04. The van der Waals surface area contributed by atoms with Crippen molar-refractivity contribution >= 4 is 9.84 Å². The van der Waals surface area contributed by atoms with Gasteiger partial charge in [0.05, 0.1) is 71.8 Å². The van der Waals surface area contributed by atoms with E-state index in [0.29, 0.717) is 24.7 Å². The molecule has 2 aliphatic heterocycles. The molecule has 6 aromatic rings. The molecule has 0 spiro atoms. The molecular formula is C69H94O12S. The highest BCUT2D eigenvalue weighted by Gasteiger charge is 2.49. The molecule has 0 amide bonds. The van der Waals surface area contributed by atoms with Crippen LogP contribution in [-0.2, 0) is 34.2 Å². The Kier molecular flexibility index (Phi) is 25.7. The molecule has 4 atom stereocenters. The Morgan fingerprint density at radius 1 is 0.341 bits per heavy atom. The van der Waals surface area contributed by atoms with Gasteiger partial charge in [0.15, 0.2) is 0 Å². The molecule has 8 rings (SSSR count). The van der Waals surface area contributed by atoms with Gasteiger partial charge in [-0.25, -0.2) is 8.42 Å². The van der Waals surface area contributed by atoms with Crippen molar-refractivity contribution in [2.24, 2.45) is 0 Å². The molecule has 2 saturated heterocycles. The van der Waals surface area contributed by atoms with Crippen LogP contribution in [0.1, 0.15) is 136 Å². The quantitative estimate of drug-likeness (QED) is 0.0681. The van der Waals surface area contributed by atoms with Crippen LogP contribution >= 0.6 is 0 Å². The first-order valence-corrected chi connectivity index (χ1v) is 30.6. The lowest BCUT2D eigenvalue weighted by Crippen LogP contribution is -2.35. The van der Waals surface area contributed by atoms with Gasteiger partial charge in [-0.1, -0.05) is 62.4 Å². The molecule has 0 radical (unpaired) electrons. The van der Waals surface area contributed by atoms with Gasteiger partial charge < -0.3 is 47.4 Å². The summed E-state index contributed by atoms with van der Waals surface area (Å²) in [5, 5.41) is 0. The third-order valence-corrected chi connectivity index (χ3v) is 14.3. The minimum atomic E-state index is -3.54. The average molecular weight is 1150 g/mol. The zero-order valence-corrected chi connectivity index (χ0v) is 52.8. The summed E-state index contributed by atoms with van der Waals surface area (Å²) in [5.41, 5.74) is 4.83. The van der Waals surface area contributed by atoms with Crippen molar-refractivity contribution < 1.29 is 55.8 Å². The Hall–Kier alpha value is -6.09. The van der Waals surface area contributed by atoms with Gasteiger partial charge in [-0.05, 0) is 230 Å². The molecule has 12 nitrogen and oxygen atoms in total. The molecule has 2 unspecified atom stereocenters. The molecule has 448 valence electrons. The smallest absolute Gasteiger partial charge is 0.206 e. The summed E-state index contributed by atoms with van der Waals surface area (Å²) in [6, 6.07) is 46.1. The lowest BCUT2D eigenvalue weighted by atomic mass is 9.78. The van der Waals surface area contributed by atoms with E-state index < -0.39 is 9.84 Å². The van der Waals surface area contributed by atoms with E-state index in [2.05, 4.69) is 62.4 Å². The van der Waals surface area contributed by atoms with Crippen molar-refractivity contribution in [1.29, 1.82) is 0 Å². The SMILES string of the molecule is CC(C)O[C@H]1COC2C1OC[C@H]2OC(C)C.CC(C)Oc1ccc(-c2ccc(OC(C)C)cc2)cc1.CC(C)Oc1ccc(C(C)(C)c2ccc(OC(C)C)cc2)cc1.CC(C)Oc1ccc(S(=O)(=O)c2ccc(OC(C)C)cc2)cc1. The molecule has 0 saturated carbocycles. The molecule has 6 aromatic carbocycles. The number of hydrogen-bond donors (Lipinski definition) is 0. The Balaban J connectivity index is 0.000000202. The molecule has 2 heterocycles. The van der Waals surface area contributed by atoms with Crippen LogP contribution in [0.5, 0.6) is 34.5 Å². The fraction of sp³-hybridized carbons (Fsp3) is 0.478.